The molecule has 0 spiro atoms. The molecule has 1 aliphatic rings. The first-order valence-corrected chi connectivity index (χ1v) is 11.0. The molecule has 0 radical (unpaired) electrons. The molecule has 1 fully saturated rings. The van der Waals surface area contributed by atoms with E-state index >= 15 is 0 Å². The quantitative estimate of drug-likeness (QED) is 0.490. The highest BCUT2D eigenvalue weighted by molar-refractivity contribution is 6.31. The molecule has 5 nitrogen and oxygen atoms in total. The van der Waals surface area contributed by atoms with Gasteiger partial charge < -0.3 is 15.2 Å². The van der Waals surface area contributed by atoms with Gasteiger partial charge in [-0.15, -0.1) is 0 Å². The van der Waals surface area contributed by atoms with Crippen LogP contribution in [0.4, 0.5) is 18.9 Å². The van der Waals surface area contributed by atoms with E-state index in [-0.39, 0.29) is 11.3 Å². The number of carbonyl (C=O) groups excluding carboxylic acids is 1. The van der Waals surface area contributed by atoms with Crippen molar-refractivity contribution in [1.82, 2.24) is 15.3 Å². The molecule has 32 heavy (non-hydrogen) atoms. The summed E-state index contributed by atoms with van der Waals surface area (Å²) in [5.74, 6) is -0.100. The summed E-state index contributed by atoms with van der Waals surface area (Å²) < 4.78 is 41.5. The summed E-state index contributed by atoms with van der Waals surface area (Å²) in [5, 5.41) is 3.28. The first-order valence-electron chi connectivity index (χ1n) is 10.6. The molecular formula is C23H24ClF3N4O. The maximum Gasteiger partial charge on any atom is 0.418 e. The molecule has 0 aliphatic carbocycles. The summed E-state index contributed by atoms with van der Waals surface area (Å²) in [4.78, 5) is 22.1. The van der Waals surface area contributed by atoms with Crippen LogP contribution in [0.5, 0.6) is 0 Å². The van der Waals surface area contributed by atoms with E-state index in [1.807, 2.05) is 0 Å². The largest absolute Gasteiger partial charge is 0.418 e. The van der Waals surface area contributed by atoms with Gasteiger partial charge in [0.2, 0.25) is 0 Å². The fourth-order valence-electron chi connectivity index (χ4n) is 4.05. The Labute approximate surface area is 189 Å². The molecule has 1 amide bonds. The summed E-state index contributed by atoms with van der Waals surface area (Å²) in [6.07, 6.45) is -0.796. The van der Waals surface area contributed by atoms with E-state index in [9.17, 15) is 18.0 Å². The zero-order valence-corrected chi connectivity index (χ0v) is 18.4. The van der Waals surface area contributed by atoms with Crippen molar-refractivity contribution < 1.29 is 18.0 Å². The third-order valence-electron chi connectivity index (χ3n) is 5.73. The lowest BCUT2D eigenvalue weighted by Gasteiger charge is -2.26. The predicted molar refractivity (Wildman–Crippen MR) is 119 cm³/mol. The Bertz CT molecular complexity index is 1120. The van der Waals surface area contributed by atoms with E-state index in [0.29, 0.717) is 29.5 Å². The van der Waals surface area contributed by atoms with E-state index in [4.69, 9.17) is 11.6 Å². The van der Waals surface area contributed by atoms with Gasteiger partial charge in [0, 0.05) is 29.4 Å². The first-order chi connectivity index (χ1) is 15.2. The van der Waals surface area contributed by atoms with Crippen LogP contribution in [-0.4, -0.2) is 29.0 Å². The van der Waals surface area contributed by atoms with Gasteiger partial charge in [0.05, 0.1) is 22.6 Å². The van der Waals surface area contributed by atoms with Crippen LogP contribution in [0.1, 0.15) is 60.4 Å². The number of anilines is 1. The number of rotatable bonds is 4. The summed E-state index contributed by atoms with van der Waals surface area (Å²) >= 11 is 5.99. The molecule has 2 N–H and O–H groups in total. The molecule has 0 saturated carbocycles. The monoisotopic (exact) mass is 464 g/mol. The highest BCUT2D eigenvalue weighted by atomic mass is 35.5. The number of H-pyrrole nitrogens is 1. The fraction of sp³-hybridized carbons (Fsp3) is 0.391. The summed E-state index contributed by atoms with van der Waals surface area (Å²) in [6.45, 7) is 2.89. The number of fused-ring (bicyclic) bond motifs is 1. The molecular weight excluding hydrogens is 441 g/mol. The van der Waals surface area contributed by atoms with Gasteiger partial charge in [0.1, 0.15) is 5.82 Å². The predicted octanol–water partition coefficient (Wildman–Crippen LogP) is 6.11. The summed E-state index contributed by atoms with van der Waals surface area (Å²) in [5.41, 5.74) is 0.722. The molecule has 1 aromatic heterocycles. The number of aromatic amines is 1. The van der Waals surface area contributed by atoms with Crippen molar-refractivity contribution >= 4 is 34.2 Å². The molecule has 2 heterocycles. The average Bonchev–Trinajstić information content (AvgIpc) is 2.98. The second kappa shape index (κ2) is 9.02. The lowest BCUT2D eigenvalue weighted by Crippen LogP contribution is -2.29. The average molecular weight is 465 g/mol. The number of carbonyl (C=O) groups is 1. The third kappa shape index (κ3) is 4.85. The van der Waals surface area contributed by atoms with E-state index in [2.05, 4.69) is 15.3 Å². The van der Waals surface area contributed by atoms with Gasteiger partial charge in [0.15, 0.2) is 0 Å². The Morgan fingerprint density at radius 2 is 1.84 bits per heavy atom. The number of hydrogen-bond acceptors (Lipinski definition) is 3. The lowest BCUT2D eigenvalue weighted by molar-refractivity contribution is -0.137. The lowest BCUT2D eigenvalue weighted by atomic mass is 10.1. The van der Waals surface area contributed by atoms with Crippen molar-refractivity contribution in [2.45, 2.75) is 44.8 Å². The van der Waals surface area contributed by atoms with Crippen LogP contribution in [0.25, 0.3) is 11.0 Å². The number of hydrogen-bond donors (Lipinski definition) is 2. The van der Waals surface area contributed by atoms with E-state index in [1.165, 1.54) is 12.1 Å². The Balaban J connectivity index is 1.57. The Morgan fingerprint density at radius 1 is 1.12 bits per heavy atom. The highest BCUT2D eigenvalue weighted by Gasteiger charge is 2.36. The van der Waals surface area contributed by atoms with Crippen molar-refractivity contribution in [2.75, 3.05) is 18.0 Å². The standard InChI is InChI=1S/C23H24ClF3N4O/c1-14(21-29-18-8-7-16(24)13-19(18)30-21)28-22(32)15-6-9-20(17(12-15)23(25,26)27)31-10-4-2-3-5-11-31/h6-9,12-14H,2-5,10-11H2,1H3,(H,28,32)(H,29,30)/t14-/m0/s1. The zero-order chi connectivity index (χ0) is 22.9. The Hall–Kier alpha value is -2.74. The SMILES string of the molecule is C[C@H](NC(=O)c1ccc(N2CCCCCC2)c(C(F)(F)F)c1)c1nc2ccc(Cl)cc2[nH]1. The zero-order valence-electron chi connectivity index (χ0n) is 17.6. The van der Waals surface area contributed by atoms with Crippen LogP contribution in [0, 0.1) is 0 Å². The minimum absolute atomic E-state index is 0.0399. The minimum Gasteiger partial charge on any atom is -0.371 e. The van der Waals surface area contributed by atoms with E-state index in [0.717, 1.165) is 37.3 Å². The van der Waals surface area contributed by atoms with E-state index < -0.39 is 23.7 Å². The molecule has 9 heteroatoms. The van der Waals surface area contributed by atoms with Crippen molar-refractivity contribution in [2.24, 2.45) is 0 Å². The summed E-state index contributed by atoms with van der Waals surface area (Å²) in [6, 6.07) is 8.46. The molecule has 1 atom stereocenters. The van der Waals surface area contributed by atoms with Crippen molar-refractivity contribution in [3.8, 4) is 0 Å². The van der Waals surface area contributed by atoms with Crippen LogP contribution in [0.15, 0.2) is 36.4 Å². The number of nitrogens with zero attached hydrogens (tertiary/aromatic N) is 2. The second-order valence-corrected chi connectivity index (χ2v) is 8.55. The number of nitrogens with one attached hydrogen (secondary N) is 2. The van der Waals surface area contributed by atoms with Crippen molar-refractivity contribution in [3.05, 3.63) is 58.4 Å². The molecule has 170 valence electrons. The third-order valence-corrected chi connectivity index (χ3v) is 5.97. The van der Waals surface area contributed by atoms with Crippen molar-refractivity contribution in [1.29, 1.82) is 0 Å². The van der Waals surface area contributed by atoms with Gasteiger partial charge in [-0.1, -0.05) is 24.4 Å². The molecule has 0 bridgehead atoms. The summed E-state index contributed by atoms with van der Waals surface area (Å²) in [7, 11) is 0. The fourth-order valence-corrected chi connectivity index (χ4v) is 4.22. The molecule has 1 saturated heterocycles. The van der Waals surface area contributed by atoms with Crippen LogP contribution < -0.4 is 10.2 Å². The maximum absolute atomic E-state index is 13.8. The number of aromatic nitrogens is 2. The normalized spacial score (nSPS) is 16.1. The van der Waals surface area contributed by atoms with Gasteiger partial charge in [0.25, 0.3) is 5.91 Å². The van der Waals surface area contributed by atoms with Gasteiger partial charge in [-0.2, -0.15) is 13.2 Å². The van der Waals surface area contributed by atoms with E-state index in [1.54, 1.807) is 30.0 Å². The Kier molecular flexibility index (Phi) is 6.33. The smallest absolute Gasteiger partial charge is 0.371 e. The van der Waals surface area contributed by atoms with Crippen LogP contribution >= 0.6 is 11.6 Å². The molecule has 0 unspecified atom stereocenters. The maximum atomic E-state index is 13.8. The Morgan fingerprint density at radius 3 is 2.53 bits per heavy atom. The number of imidazole rings is 1. The minimum atomic E-state index is -4.55. The number of benzene rings is 2. The molecule has 1 aliphatic heterocycles. The highest BCUT2D eigenvalue weighted by Crippen LogP contribution is 2.38. The van der Waals surface area contributed by atoms with Gasteiger partial charge in [-0.25, -0.2) is 4.98 Å². The van der Waals surface area contributed by atoms with Gasteiger partial charge in [-0.05, 0) is 56.2 Å². The van der Waals surface area contributed by atoms with Gasteiger partial charge in [-0.3, -0.25) is 4.79 Å². The molecule has 4 rings (SSSR count). The molecule has 2 aromatic carbocycles. The second-order valence-electron chi connectivity index (χ2n) is 8.11. The van der Waals surface area contributed by atoms with Crippen LogP contribution in [-0.2, 0) is 6.18 Å². The number of halogens is 4. The van der Waals surface area contributed by atoms with Crippen LogP contribution in [0.2, 0.25) is 5.02 Å². The first kappa shape index (κ1) is 22.5. The molecule has 3 aromatic rings. The van der Waals surface area contributed by atoms with Crippen molar-refractivity contribution in [3.63, 3.8) is 0 Å². The topological polar surface area (TPSA) is 61.0 Å². The number of alkyl halides is 3. The number of amides is 1. The van der Waals surface area contributed by atoms with Crippen LogP contribution in [0.3, 0.4) is 0 Å². The van der Waals surface area contributed by atoms with Gasteiger partial charge >= 0.3 is 6.18 Å².